The summed E-state index contributed by atoms with van der Waals surface area (Å²) in [6.07, 6.45) is 6.11. The zero-order chi connectivity index (χ0) is 26.9. The van der Waals surface area contributed by atoms with Gasteiger partial charge in [0.15, 0.2) is 0 Å². The van der Waals surface area contributed by atoms with Gasteiger partial charge in [0.05, 0.1) is 29.2 Å². The third-order valence-electron chi connectivity index (χ3n) is 7.59. The Hall–Kier alpha value is -3.53. The number of carbonyl (C=O) groups is 1. The van der Waals surface area contributed by atoms with Crippen LogP contribution < -0.4 is 9.80 Å². The SMILES string of the molecule is O=C(CSc1ncnc2c1sc1nc(N3CCOCC3)c3c(c12)CCCC3)N(c1ccccc1)c1ccccc1. The first kappa shape index (κ1) is 25.4. The van der Waals surface area contributed by atoms with Gasteiger partial charge >= 0.3 is 0 Å². The second-order valence-corrected chi connectivity index (χ2v) is 12.0. The maximum absolute atomic E-state index is 13.7. The van der Waals surface area contributed by atoms with E-state index in [4.69, 9.17) is 14.7 Å². The van der Waals surface area contributed by atoms with Gasteiger partial charge in [0.2, 0.25) is 5.91 Å². The number of nitrogens with zero attached hydrogens (tertiary/aromatic N) is 5. The molecular weight excluding hydrogens is 539 g/mol. The molecule has 1 saturated heterocycles. The summed E-state index contributed by atoms with van der Waals surface area (Å²) in [5.74, 6) is 1.38. The molecule has 7 rings (SSSR count). The van der Waals surface area contributed by atoms with Crippen LogP contribution in [0, 0.1) is 0 Å². The van der Waals surface area contributed by atoms with Crippen molar-refractivity contribution >= 4 is 66.6 Å². The van der Waals surface area contributed by atoms with Crippen LogP contribution in [0.4, 0.5) is 17.2 Å². The largest absolute Gasteiger partial charge is 0.378 e. The van der Waals surface area contributed by atoms with Gasteiger partial charge in [-0.3, -0.25) is 9.69 Å². The monoisotopic (exact) mass is 567 g/mol. The molecule has 2 aromatic carbocycles. The van der Waals surface area contributed by atoms with Crippen LogP contribution in [0.1, 0.15) is 24.0 Å². The van der Waals surface area contributed by atoms with Gasteiger partial charge in [-0.25, -0.2) is 15.0 Å². The second-order valence-electron chi connectivity index (χ2n) is 10.0. The zero-order valence-corrected chi connectivity index (χ0v) is 23.7. The quantitative estimate of drug-likeness (QED) is 0.173. The van der Waals surface area contributed by atoms with Crippen molar-refractivity contribution in [2.24, 2.45) is 0 Å². The molecule has 202 valence electrons. The number of thiophene rings is 1. The van der Waals surface area contributed by atoms with Crippen LogP contribution in [0.25, 0.3) is 20.4 Å². The van der Waals surface area contributed by atoms with Crippen LogP contribution in [0.15, 0.2) is 72.0 Å². The summed E-state index contributed by atoms with van der Waals surface area (Å²) >= 11 is 3.13. The number of morpholine rings is 1. The minimum absolute atomic E-state index is 0.000353. The van der Waals surface area contributed by atoms with Crippen LogP contribution in [-0.4, -0.2) is 52.9 Å². The van der Waals surface area contributed by atoms with Crippen molar-refractivity contribution in [3.05, 3.63) is 78.1 Å². The van der Waals surface area contributed by atoms with Crippen LogP contribution in [0.5, 0.6) is 0 Å². The van der Waals surface area contributed by atoms with Crippen molar-refractivity contribution < 1.29 is 9.53 Å². The highest BCUT2D eigenvalue weighted by Crippen LogP contribution is 2.43. The predicted octanol–water partition coefficient (Wildman–Crippen LogP) is 6.41. The third-order valence-corrected chi connectivity index (χ3v) is 9.77. The lowest BCUT2D eigenvalue weighted by atomic mass is 9.90. The molecule has 1 aliphatic carbocycles. The lowest BCUT2D eigenvalue weighted by Crippen LogP contribution is -2.37. The Morgan fingerprint density at radius 3 is 2.30 bits per heavy atom. The summed E-state index contributed by atoms with van der Waals surface area (Å²) in [5.41, 5.74) is 5.44. The smallest absolute Gasteiger partial charge is 0.241 e. The molecule has 7 nitrogen and oxygen atoms in total. The van der Waals surface area contributed by atoms with Gasteiger partial charge in [0, 0.05) is 29.9 Å². The highest BCUT2D eigenvalue weighted by Gasteiger charge is 2.27. The molecule has 5 aromatic rings. The highest BCUT2D eigenvalue weighted by molar-refractivity contribution is 8.00. The van der Waals surface area contributed by atoms with Crippen LogP contribution in [0.2, 0.25) is 0 Å². The molecular formula is C31H29N5O2S2. The molecule has 1 aliphatic heterocycles. The molecule has 0 saturated carbocycles. The second kappa shape index (κ2) is 11.2. The lowest BCUT2D eigenvalue weighted by molar-refractivity contribution is -0.115. The average Bonchev–Trinajstić information content (AvgIpc) is 3.41. The Bertz CT molecular complexity index is 1630. The molecule has 40 heavy (non-hydrogen) atoms. The number of aryl methyl sites for hydroxylation is 1. The van der Waals surface area contributed by atoms with Crippen molar-refractivity contribution in [1.29, 1.82) is 0 Å². The molecule has 0 atom stereocenters. The number of thioether (sulfide) groups is 1. The Kier molecular flexibility index (Phi) is 7.09. The van der Waals surface area contributed by atoms with Gasteiger partial charge in [-0.1, -0.05) is 48.2 Å². The molecule has 1 amide bonds. The van der Waals surface area contributed by atoms with E-state index in [1.165, 1.54) is 41.1 Å². The van der Waals surface area contributed by atoms with E-state index in [-0.39, 0.29) is 11.7 Å². The van der Waals surface area contributed by atoms with Crippen molar-refractivity contribution in [3.63, 3.8) is 0 Å². The first-order valence-electron chi connectivity index (χ1n) is 13.8. The summed E-state index contributed by atoms with van der Waals surface area (Å²) in [5, 5.41) is 2.01. The fourth-order valence-electron chi connectivity index (χ4n) is 5.74. The molecule has 0 radical (unpaired) electrons. The van der Waals surface area contributed by atoms with Gasteiger partial charge in [-0.15, -0.1) is 11.3 Å². The van der Waals surface area contributed by atoms with Gasteiger partial charge in [0.25, 0.3) is 0 Å². The van der Waals surface area contributed by atoms with Crippen molar-refractivity contribution in [3.8, 4) is 0 Å². The molecule has 0 spiro atoms. The van der Waals surface area contributed by atoms with Crippen LogP contribution in [-0.2, 0) is 22.4 Å². The fourth-order valence-corrected chi connectivity index (χ4v) is 7.82. The molecule has 9 heteroatoms. The number of pyridine rings is 1. The number of hydrogen-bond acceptors (Lipinski definition) is 8. The first-order chi connectivity index (χ1) is 19.8. The van der Waals surface area contributed by atoms with Gasteiger partial charge in [-0.2, -0.15) is 0 Å². The summed E-state index contributed by atoms with van der Waals surface area (Å²) in [4.78, 5) is 33.5. The summed E-state index contributed by atoms with van der Waals surface area (Å²) in [7, 11) is 0. The minimum Gasteiger partial charge on any atom is -0.378 e. The van der Waals surface area contributed by atoms with Gasteiger partial charge in [-0.05, 0) is 61.1 Å². The summed E-state index contributed by atoms with van der Waals surface area (Å²) in [6.45, 7) is 3.23. The van der Waals surface area contributed by atoms with E-state index in [0.717, 1.165) is 76.4 Å². The van der Waals surface area contributed by atoms with Crippen molar-refractivity contribution in [2.75, 3.05) is 41.9 Å². The van der Waals surface area contributed by atoms with E-state index < -0.39 is 0 Å². The van der Waals surface area contributed by atoms with Crippen molar-refractivity contribution in [2.45, 2.75) is 30.7 Å². The number of ether oxygens (including phenoxy) is 1. The lowest BCUT2D eigenvalue weighted by Gasteiger charge is -2.31. The number of benzene rings is 2. The molecule has 4 heterocycles. The maximum atomic E-state index is 13.7. The van der Waals surface area contributed by atoms with Crippen LogP contribution in [0.3, 0.4) is 0 Å². The molecule has 1 fully saturated rings. The Balaban J connectivity index is 1.24. The normalized spacial score (nSPS) is 15.3. The highest BCUT2D eigenvalue weighted by atomic mass is 32.2. The molecule has 3 aromatic heterocycles. The number of anilines is 3. The van der Waals surface area contributed by atoms with E-state index >= 15 is 0 Å². The Labute approximate surface area is 241 Å². The molecule has 0 unspecified atom stereocenters. The number of hydrogen-bond donors (Lipinski definition) is 0. The average molecular weight is 568 g/mol. The first-order valence-corrected chi connectivity index (χ1v) is 15.6. The Morgan fingerprint density at radius 1 is 0.925 bits per heavy atom. The summed E-state index contributed by atoms with van der Waals surface area (Å²) < 4.78 is 6.63. The maximum Gasteiger partial charge on any atom is 0.241 e. The topological polar surface area (TPSA) is 71.5 Å². The molecule has 0 bridgehead atoms. The van der Waals surface area contributed by atoms with E-state index in [9.17, 15) is 4.79 Å². The number of amides is 1. The Morgan fingerprint density at radius 2 is 1.60 bits per heavy atom. The molecule has 2 aliphatic rings. The number of rotatable bonds is 6. The number of fused-ring (bicyclic) bond motifs is 5. The number of carbonyl (C=O) groups excluding carboxylic acids is 1. The van der Waals surface area contributed by atoms with Crippen molar-refractivity contribution in [1.82, 2.24) is 15.0 Å². The number of para-hydroxylation sites is 2. The third kappa shape index (κ3) is 4.72. The zero-order valence-electron chi connectivity index (χ0n) is 22.1. The van der Waals surface area contributed by atoms with Gasteiger partial charge < -0.3 is 9.64 Å². The van der Waals surface area contributed by atoms with Gasteiger partial charge in [0.1, 0.15) is 22.0 Å². The van der Waals surface area contributed by atoms with E-state index in [1.807, 2.05) is 60.7 Å². The standard InChI is InChI=1S/C31H29N5O2S2/c37-25(36(21-9-3-1-4-10-21)22-11-5-2-6-12-22)19-39-31-28-27(32-20-33-31)26-23-13-7-8-14-24(23)29(34-30(26)40-28)35-15-17-38-18-16-35/h1-6,9-12,20H,7-8,13-19H2. The van der Waals surface area contributed by atoms with E-state index in [1.54, 1.807) is 22.6 Å². The predicted molar refractivity (Wildman–Crippen MR) is 163 cm³/mol. The summed E-state index contributed by atoms with van der Waals surface area (Å²) in [6, 6.07) is 19.6. The van der Waals surface area contributed by atoms with Crippen LogP contribution >= 0.6 is 23.1 Å². The number of aromatic nitrogens is 3. The van der Waals surface area contributed by atoms with E-state index in [0.29, 0.717) is 0 Å². The molecule has 0 N–H and O–H groups in total. The minimum atomic E-state index is 0.000353. The van der Waals surface area contributed by atoms with E-state index in [2.05, 4.69) is 9.88 Å². The fraction of sp³-hybridized carbons (Fsp3) is 0.290.